The van der Waals surface area contributed by atoms with Gasteiger partial charge in [0.25, 0.3) is 5.89 Å². The van der Waals surface area contributed by atoms with Crippen molar-refractivity contribution in [3.05, 3.63) is 35.1 Å². The number of rotatable bonds is 5. The molecule has 0 saturated carbocycles. The van der Waals surface area contributed by atoms with Crippen LogP contribution in [0.2, 0.25) is 5.02 Å². The molecule has 0 radical (unpaired) electrons. The van der Waals surface area contributed by atoms with Crippen LogP contribution >= 0.6 is 11.6 Å². The summed E-state index contributed by atoms with van der Waals surface area (Å²) in [6, 6.07) is 6.70. The Kier molecular flexibility index (Phi) is 5.53. The maximum absolute atomic E-state index is 12.4. The molecule has 25 heavy (non-hydrogen) atoms. The van der Waals surface area contributed by atoms with Gasteiger partial charge in [-0.15, -0.1) is 0 Å². The summed E-state index contributed by atoms with van der Waals surface area (Å²) in [7, 11) is -3.78. The molecule has 0 saturated heterocycles. The molecule has 2 rings (SSSR count). The first-order valence-corrected chi connectivity index (χ1v) is 9.69. The molecular formula is C16H20ClN3O4S. The fraction of sp³-hybridized carbons (Fsp3) is 0.438. The average Bonchev–Trinajstić information content (AvgIpc) is 2.93. The van der Waals surface area contributed by atoms with Gasteiger partial charge in [-0.05, 0) is 52.0 Å². The zero-order valence-electron chi connectivity index (χ0n) is 14.4. The number of carbonyl (C=O) groups is 1. The normalized spacial score (nSPS) is 13.5. The molecule has 0 aliphatic heterocycles. The first kappa shape index (κ1) is 19.4. The summed E-state index contributed by atoms with van der Waals surface area (Å²) in [6.07, 6.45) is 0. The van der Waals surface area contributed by atoms with Crippen LogP contribution in [0.25, 0.3) is 11.5 Å². The van der Waals surface area contributed by atoms with Crippen LogP contribution in [-0.4, -0.2) is 35.3 Å². The predicted molar refractivity (Wildman–Crippen MR) is 94.7 cm³/mol. The van der Waals surface area contributed by atoms with Gasteiger partial charge in [0.1, 0.15) is 11.0 Å². The van der Waals surface area contributed by atoms with E-state index in [2.05, 4.69) is 15.5 Å². The number of aromatic nitrogens is 2. The van der Waals surface area contributed by atoms with E-state index in [1.165, 1.54) is 6.92 Å². The summed E-state index contributed by atoms with van der Waals surface area (Å²) in [6.45, 7) is 6.68. The lowest BCUT2D eigenvalue weighted by atomic mass is 10.1. The largest absolute Gasteiger partial charge is 0.350 e. The third kappa shape index (κ3) is 5.27. The highest BCUT2D eigenvalue weighted by molar-refractivity contribution is 7.92. The van der Waals surface area contributed by atoms with Gasteiger partial charge in [-0.25, -0.2) is 8.42 Å². The van der Waals surface area contributed by atoms with Gasteiger partial charge in [0.15, 0.2) is 15.7 Å². The van der Waals surface area contributed by atoms with Crippen LogP contribution in [0.5, 0.6) is 0 Å². The van der Waals surface area contributed by atoms with Crippen molar-refractivity contribution in [1.82, 2.24) is 15.5 Å². The summed E-state index contributed by atoms with van der Waals surface area (Å²) in [5, 5.41) is 5.68. The van der Waals surface area contributed by atoms with Crippen LogP contribution in [-0.2, 0) is 20.4 Å². The third-order valence-corrected chi connectivity index (χ3v) is 5.50. The molecule has 136 valence electrons. The third-order valence-electron chi connectivity index (χ3n) is 3.30. The summed E-state index contributed by atoms with van der Waals surface area (Å²) in [5.41, 5.74) is 0.105. The topological polar surface area (TPSA) is 102 Å². The van der Waals surface area contributed by atoms with Crippen molar-refractivity contribution in [1.29, 1.82) is 0 Å². The monoisotopic (exact) mass is 385 g/mol. The Morgan fingerprint density at radius 1 is 1.28 bits per heavy atom. The molecule has 0 aliphatic carbocycles. The molecule has 2 aromatic rings. The molecule has 1 heterocycles. The van der Waals surface area contributed by atoms with Crippen LogP contribution in [0.15, 0.2) is 28.8 Å². The van der Waals surface area contributed by atoms with Crippen molar-refractivity contribution in [2.45, 2.75) is 44.2 Å². The van der Waals surface area contributed by atoms with Crippen LogP contribution in [0.3, 0.4) is 0 Å². The fourth-order valence-corrected chi connectivity index (χ4v) is 3.20. The Morgan fingerprint density at radius 2 is 1.88 bits per heavy atom. The number of nitrogens with zero attached hydrogens (tertiary/aromatic N) is 2. The Labute approximate surface area is 151 Å². The second-order valence-electron chi connectivity index (χ2n) is 6.71. The van der Waals surface area contributed by atoms with Crippen molar-refractivity contribution in [2.75, 3.05) is 0 Å². The van der Waals surface area contributed by atoms with Gasteiger partial charge in [-0.2, -0.15) is 4.98 Å². The summed E-state index contributed by atoms with van der Waals surface area (Å²) in [4.78, 5) is 16.2. The second kappa shape index (κ2) is 7.13. The highest BCUT2D eigenvalue weighted by atomic mass is 35.5. The van der Waals surface area contributed by atoms with Gasteiger partial charge in [0.2, 0.25) is 5.91 Å². The number of hydrogen-bond acceptors (Lipinski definition) is 6. The Hall–Kier alpha value is -1.93. The van der Waals surface area contributed by atoms with Crippen molar-refractivity contribution in [3.63, 3.8) is 0 Å². The first-order chi connectivity index (χ1) is 11.5. The van der Waals surface area contributed by atoms with Gasteiger partial charge >= 0.3 is 0 Å². The molecule has 1 N–H and O–H groups in total. The number of sulfone groups is 1. The first-order valence-electron chi connectivity index (χ1n) is 7.60. The van der Waals surface area contributed by atoms with E-state index in [-0.39, 0.29) is 11.7 Å². The Balaban J connectivity index is 2.13. The molecule has 0 aliphatic rings. The van der Waals surface area contributed by atoms with Crippen molar-refractivity contribution < 1.29 is 17.7 Å². The average molecular weight is 386 g/mol. The minimum absolute atomic E-state index is 0.000332. The molecule has 0 spiro atoms. The Morgan fingerprint density at radius 3 is 2.44 bits per heavy atom. The summed E-state index contributed by atoms with van der Waals surface area (Å²) < 4.78 is 29.9. The lowest BCUT2D eigenvalue weighted by Crippen LogP contribution is -2.47. The zero-order valence-corrected chi connectivity index (χ0v) is 16.0. The van der Waals surface area contributed by atoms with Crippen LogP contribution in [0, 0.1) is 0 Å². The van der Waals surface area contributed by atoms with Gasteiger partial charge in [0.05, 0.1) is 0 Å². The number of halogens is 1. The molecule has 1 amide bonds. The van der Waals surface area contributed by atoms with Gasteiger partial charge in [0, 0.05) is 16.1 Å². The maximum Gasteiger partial charge on any atom is 0.257 e. The van der Waals surface area contributed by atoms with Crippen molar-refractivity contribution >= 4 is 27.3 Å². The number of carbonyl (C=O) groups excluding carboxylic acids is 1. The van der Waals surface area contributed by atoms with E-state index in [0.717, 1.165) is 0 Å². The van der Waals surface area contributed by atoms with Gasteiger partial charge in [-0.1, -0.05) is 16.8 Å². The van der Waals surface area contributed by atoms with E-state index in [9.17, 15) is 13.2 Å². The molecule has 1 unspecified atom stereocenters. The van der Waals surface area contributed by atoms with E-state index in [0.29, 0.717) is 10.6 Å². The minimum Gasteiger partial charge on any atom is -0.350 e. The molecule has 0 bridgehead atoms. The molecule has 9 heteroatoms. The van der Waals surface area contributed by atoms with E-state index >= 15 is 0 Å². The second-order valence-corrected chi connectivity index (χ2v) is 9.47. The summed E-state index contributed by atoms with van der Waals surface area (Å²) in [5.74, 6) is -0.856. The predicted octanol–water partition coefficient (Wildman–Crippen LogP) is 2.61. The molecule has 1 atom stereocenters. The van der Waals surface area contributed by atoms with E-state index in [4.69, 9.17) is 16.1 Å². The highest BCUT2D eigenvalue weighted by Crippen LogP contribution is 2.20. The van der Waals surface area contributed by atoms with E-state index in [1.54, 1.807) is 45.0 Å². The zero-order chi connectivity index (χ0) is 18.8. The Bertz CT molecular complexity index is 854. The smallest absolute Gasteiger partial charge is 0.257 e. The number of nitrogens with one attached hydrogen (secondary N) is 1. The fourth-order valence-electron chi connectivity index (χ4n) is 1.96. The SMILES string of the molecule is CC(C(=O)NC(C)(C)C)S(=O)(=O)Cc1noc(-c2ccc(Cl)cc2)n1. The van der Waals surface area contributed by atoms with E-state index < -0.39 is 32.3 Å². The maximum atomic E-state index is 12.4. The lowest BCUT2D eigenvalue weighted by molar-refractivity contribution is -0.121. The molecule has 1 aromatic heterocycles. The van der Waals surface area contributed by atoms with Crippen LogP contribution in [0.1, 0.15) is 33.5 Å². The standard InChI is InChI=1S/C16H20ClN3O4S/c1-10(14(21)19-16(2,3)4)25(22,23)9-13-18-15(24-20-13)11-5-7-12(17)8-6-11/h5-8,10H,9H2,1-4H3,(H,19,21). The van der Waals surface area contributed by atoms with E-state index in [1.807, 2.05) is 0 Å². The van der Waals surface area contributed by atoms with Crippen molar-refractivity contribution in [2.24, 2.45) is 0 Å². The number of benzene rings is 1. The van der Waals surface area contributed by atoms with Gasteiger partial charge in [-0.3, -0.25) is 4.79 Å². The summed E-state index contributed by atoms with van der Waals surface area (Å²) >= 11 is 5.82. The molecular weight excluding hydrogens is 366 g/mol. The lowest BCUT2D eigenvalue weighted by Gasteiger charge is -2.23. The molecule has 7 nitrogen and oxygen atoms in total. The van der Waals surface area contributed by atoms with Crippen molar-refractivity contribution in [3.8, 4) is 11.5 Å². The highest BCUT2D eigenvalue weighted by Gasteiger charge is 2.31. The van der Waals surface area contributed by atoms with Gasteiger partial charge < -0.3 is 9.84 Å². The number of amides is 1. The quantitative estimate of drug-likeness (QED) is 0.848. The molecule has 0 fully saturated rings. The van der Waals surface area contributed by atoms with Crippen LogP contribution < -0.4 is 5.32 Å². The minimum atomic E-state index is -3.78. The molecule has 1 aromatic carbocycles. The number of hydrogen-bond donors (Lipinski definition) is 1. The van der Waals surface area contributed by atoms with Crippen LogP contribution in [0.4, 0.5) is 0 Å².